The zero-order chi connectivity index (χ0) is 21.9. The van der Waals surface area contributed by atoms with E-state index in [-0.39, 0.29) is 6.10 Å². The number of aliphatic imine (C=N–C) groups is 1. The van der Waals surface area contributed by atoms with E-state index in [0.29, 0.717) is 0 Å². The van der Waals surface area contributed by atoms with Crippen molar-refractivity contribution in [2.24, 2.45) is 4.99 Å². The van der Waals surface area contributed by atoms with Crippen LogP contribution in [0.2, 0.25) is 0 Å². The maximum Gasteiger partial charge on any atom is 0.191 e. The molecule has 1 aliphatic heterocycles. The number of hydrogen-bond donors (Lipinski definition) is 3. The van der Waals surface area contributed by atoms with E-state index in [0.717, 1.165) is 93.5 Å². The van der Waals surface area contributed by atoms with Gasteiger partial charge in [0.2, 0.25) is 0 Å². The molecule has 31 heavy (non-hydrogen) atoms. The van der Waals surface area contributed by atoms with Crippen molar-refractivity contribution in [2.45, 2.75) is 38.7 Å². The fourth-order valence-electron chi connectivity index (χ4n) is 3.63. The van der Waals surface area contributed by atoms with Crippen molar-refractivity contribution in [3.05, 3.63) is 23.9 Å². The third-order valence-electron chi connectivity index (χ3n) is 5.26. The highest BCUT2D eigenvalue weighted by molar-refractivity contribution is 5.88. The summed E-state index contributed by atoms with van der Waals surface area (Å²) in [6.07, 6.45) is 4.09. The van der Waals surface area contributed by atoms with Crippen molar-refractivity contribution in [1.82, 2.24) is 15.6 Å². The van der Waals surface area contributed by atoms with Gasteiger partial charge in [-0.3, -0.25) is 4.99 Å². The molecule has 1 aromatic carbocycles. The van der Waals surface area contributed by atoms with Crippen LogP contribution >= 0.6 is 0 Å². The van der Waals surface area contributed by atoms with Gasteiger partial charge in [0.1, 0.15) is 11.5 Å². The molecule has 8 heteroatoms. The lowest BCUT2D eigenvalue weighted by molar-refractivity contribution is 0.0420. The number of methoxy groups -OCH3 is 2. The van der Waals surface area contributed by atoms with E-state index in [1.807, 2.05) is 12.1 Å². The van der Waals surface area contributed by atoms with Crippen molar-refractivity contribution in [1.29, 1.82) is 0 Å². The molecule has 0 amide bonds. The summed E-state index contributed by atoms with van der Waals surface area (Å²) in [6, 6.07) is 6.05. The monoisotopic (exact) mass is 432 g/mol. The molecule has 1 fully saturated rings. The van der Waals surface area contributed by atoms with Gasteiger partial charge in [0, 0.05) is 56.1 Å². The van der Waals surface area contributed by atoms with Crippen molar-refractivity contribution in [3.8, 4) is 11.5 Å². The van der Waals surface area contributed by atoms with E-state index in [2.05, 4.69) is 28.6 Å². The van der Waals surface area contributed by atoms with Gasteiger partial charge in [-0.05, 0) is 38.7 Å². The Bertz CT molecular complexity index is 830. The highest BCUT2D eigenvalue weighted by atomic mass is 16.5. The minimum atomic E-state index is 0.271. The number of benzene rings is 1. The Morgan fingerprint density at radius 1 is 1.19 bits per heavy atom. The summed E-state index contributed by atoms with van der Waals surface area (Å²) in [5.41, 5.74) is 2.19. The van der Waals surface area contributed by atoms with Gasteiger partial charge in [-0.25, -0.2) is 0 Å². The number of aryl methyl sites for hydroxylation is 1. The molecular formula is C23H36N4O4. The molecule has 0 aliphatic carbocycles. The molecule has 8 nitrogen and oxygen atoms in total. The quantitative estimate of drug-likeness (QED) is 0.272. The Hall–Kier alpha value is -2.45. The molecule has 2 heterocycles. The van der Waals surface area contributed by atoms with Gasteiger partial charge >= 0.3 is 0 Å². The number of hydrogen-bond acceptors (Lipinski definition) is 5. The van der Waals surface area contributed by atoms with Gasteiger partial charge in [-0.1, -0.05) is 0 Å². The summed E-state index contributed by atoms with van der Waals surface area (Å²) < 4.78 is 22.0. The van der Waals surface area contributed by atoms with Gasteiger partial charge in [0.05, 0.1) is 32.4 Å². The van der Waals surface area contributed by atoms with Crippen molar-refractivity contribution < 1.29 is 18.9 Å². The molecule has 1 unspecified atom stereocenters. The summed E-state index contributed by atoms with van der Waals surface area (Å²) in [7, 11) is 3.34. The van der Waals surface area contributed by atoms with E-state index in [4.69, 9.17) is 23.9 Å². The number of ether oxygens (including phenoxy) is 4. The van der Waals surface area contributed by atoms with E-state index in [1.165, 1.54) is 5.69 Å². The van der Waals surface area contributed by atoms with Crippen LogP contribution in [0.3, 0.4) is 0 Å². The van der Waals surface area contributed by atoms with Crippen LogP contribution < -0.4 is 20.1 Å². The fourth-order valence-corrected chi connectivity index (χ4v) is 3.63. The van der Waals surface area contributed by atoms with Gasteiger partial charge in [-0.2, -0.15) is 0 Å². The SMILES string of the molecule is CCNC(=NCCCc1cc2c(OC)cc(OC)cc2[nH]1)NCCCOC1CCOC1. The topological polar surface area (TPSA) is 89.1 Å². The summed E-state index contributed by atoms with van der Waals surface area (Å²) in [6.45, 7) is 6.80. The summed E-state index contributed by atoms with van der Waals surface area (Å²) in [5, 5.41) is 7.76. The summed E-state index contributed by atoms with van der Waals surface area (Å²) >= 11 is 0. The van der Waals surface area contributed by atoms with Crippen molar-refractivity contribution >= 4 is 16.9 Å². The number of nitrogens with one attached hydrogen (secondary N) is 3. The number of aromatic amines is 1. The Kier molecular flexibility index (Phi) is 9.30. The zero-order valence-corrected chi connectivity index (χ0v) is 19.0. The normalized spacial score (nSPS) is 16.6. The van der Waals surface area contributed by atoms with Gasteiger partial charge in [0.25, 0.3) is 0 Å². The van der Waals surface area contributed by atoms with Crippen LogP contribution in [0.4, 0.5) is 0 Å². The third-order valence-corrected chi connectivity index (χ3v) is 5.26. The molecule has 0 bridgehead atoms. The Morgan fingerprint density at radius 2 is 2.10 bits per heavy atom. The highest BCUT2D eigenvalue weighted by Crippen LogP contribution is 2.31. The number of H-pyrrole nitrogens is 1. The number of guanidine groups is 1. The van der Waals surface area contributed by atoms with Gasteiger partial charge in [-0.15, -0.1) is 0 Å². The third kappa shape index (κ3) is 7.04. The van der Waals surface area contributed by atoms with Crippen molar-refractivity contribution in [2.75, 3.05) is 53.7 Å². The highest BCUT2D eigenvalue weighted by Gasteiger charge is 2.15. The van der Waals surface area contributed by atoms with Crippen LogP contribution in [0.25, 0.3) is 10.9 Å². The molecule has 0 radical (unpaired) electrons. The second-order valence-corrected chi connectivity index (χ2v) is 7.59. The largest absolute Gasteiger partial charge is 0.497 e. The number of rotatable bonds is 12. The second kappa shape index (κ2) is 12.4. The van der Waals surface area contributed by atoms with Gasteiger partial charge in [0.15, 0.2) is 5.96 Å². The summed E-state index contributed by atoms with van der Waals surface area (Å²) in [5.74, 6) is 2.46. The molecule has 1 aromatic heterocycles. The predicted molar refractivity (Wildman–Crippen MR) is 123 cm³/mol. The minimum absolute atomic E-state index is 0.271. The van der Waals surface area contributed by atoms with E-state index < -0.39 is 0 Å². The maximum atomic E-state index is 5.80. The van der Waals surface area contributed by atoms with Crippen LogP contribution in [0.1, 0.15) is 31.9 Å². The first-order valence-electron chi connectivity index (χ1n) is 11.2. The summed E-state index contributed by atoms with van der Waals surface area (Å²) in [4.78, 5) is 8.16. The molecule has 0 spiro atoms. The Labute approximate surface area is 184 Å². The lowest BCUT2D eigenvalue weighted by Crippen LogP contribution is -2.38. The molecule has 0 saturated carbocycles. The van der Waals surface area contributed by atoms with E-state index in [1.54, 1.807) is 14.2 Å². The first kappa shape index (κ1) is 23.2. The Morgan fingerprint density at radius 3 is 2.84 bits per heavy atom. The molecule has 172 valence electrons. The predicted octanol–water partition coefficient (Wildman–Crippen LogP) is 2.87. The average Bonchev–Trinajstić information content (AvgIpc) is 3.45. The first-order chi connectivity index (χ1) is 15.2. The van der Waals surface area contributed by atoms with Crippen LogP contribution in [0.15, 0.2) is 23.2 Å². The molecular weight excluding hydrogens is 396 g/mol. The average molecular weight is 433 g/mol. The Balaban J connectivity index is 1.42. The molecule has 3 N–H and O–H groups in total. The lowest BCUT2D eigenvalue weighted by atomic mass is 10.2. The maximum absolute atomic E-state index is 5.80. The molecule has 3 rings (SSSR count). The number of nitrogens with zero attached hydrogens (tertiary/aromatic N) is 1. The molecule has 1 aliphatic rings. The van der Waals surface area contributed by atoms with Crippen LogP contribution in [0.5, 0.6) is 11.5 Å². The van der Waals surface area contributed by atoms with E-state index in [9.17, 15) is 0 Å². The molecule has 1 atom stereocenters. The van der Waals surface area contributed by atoms with Gasteiger partial charge < -0.3 is 34.6 Å². The number of aromatic nitrogens is 1. The minimum Gasteiger partial charge on any atom is -0.497 e. The van der Waals surface area contributed by atoms with Crippen molar-refractivity contribution in [3.63, 3.8) is 0 Å². The van der Waals surface area contributed by atoms with Crippen LogP contribution in [-0.4, -0.2) is 70.7 Å². The first-order valence-corrected chi connectivity index (χ1v) is 11.2. The van der Waals surface area contributed by atoms with Crippen LogP contribution in [-0.2, 0) is 15.9 Å². The molecule has 1 saturated heterocycles. The second-order valence-electron chi connectivity index (χ2n) is 7.59. The van der Waals surface area contributed by atoms with E-state index >= 15 is 0 Å². The fraction of sp³-hybridized carbons (Fsp3) is 0.609. The molecule has 2 aromatic rings. The van der Waals surface area contributed by atoms with Crippen LogP contribution in [0, 0.1) is 0 Å². The smallest absolute Gasteiger partial charge is 0.191 e. The number of fused-ring (bicyclic) bond motifs is 1. The standard InChI is InChI=1S/C23H36N4O4/c1-4-24-23(26-10-6-11-31-18-8-12-30-16-18)25-9-5-7-17-13-20-21(27-17)14-19(28-2)15-22(20)29-3/h13-15,18,27H,4-12,16H2,1-3H3,(H2,24,25,26). The lowest BCUT2D eigenvalue weighted by Gasteiger charge is -2.12. The zero-order valence-electron chi connectivity index (χ0n) is 19.0.